The number of aromatic nitrogens is 1. The minimum absolute atomic E-state index is 0.234. The zero-order chi connectivity index (χ0) is 22.1. The maximum atomic E-state index is 11.9. The lowest BCUT2D eigenvalue weighted by Gasteiger charge is -2.24. The number of carbonyl (C=O) groups is 1. The summed E-state index contributed by atoms with van der Waals surface area (Å²) < 4.78 is 0. The van der Waals surface area contributed by atoms with Crippen molar-refractivity contribution in [2.24, 2.45) is 4.99 Å². The second-order valence-electron chi connectivity index (χ2n) is 7.94. The predicted octanol–water partition coefficient (Wildman–Crippen LogP) is 4.83. The molecule has 0 saturated carbocycles. The Morgan fingerprint density at radius 3 is 2.77 bits per heavy atom. The summed E-state index contributed by atoms with van der Waals surface area (Å²) in [6.07, 6.45) is 9.61. The van der Waals surface area contributed by atoms with Crippen molar-refractivity contribution in [3.63, 3.8) is 0 Å². The van der Waals surface area contributed by atoms with Gasteiger partial charge in [-0.2, -0.15) is 0 Å². The Morgan fingerprint density at radius 1 is 1.16 bits per heavy atom. The van der Waals surface area contributed by atoms with Crippen LogP contribution >= 0.6 is 0 Å². The van der Waals surface area contributed by atoms with Crippen molar-refractivity contribution < 1.29 is 4.79 Å². The SMILES string of the molecule is CCC(=O)N(CC)CCCN(C)c1cccc(/C=C2\CCCN=C2c2cccnc2)c1. The van der Waals surface area contributed by atoms with Crippen LogP contribution in [0, 0.1) is 0 Å². The lowest BCUT2D eigenvalue weighted by molar-refractivity contribution is -0.130. The first-order valence-electron chi connectivity index (χ1n) is 11.4. The summed E-state index contributed by atoms with van der Waals surface area (Å²) in [5, 5.41) is 0. The van der Waals surface area contributed by atoms with Crippen LogP contribution < -0.4 is 4.90 Å². The van der Waals surface area contributed by atoms with Gasteiger partial charge < -0.3 is 9.80 Å². The molecule has 2 aromatic rings. The number of aliphatic imine (C=N–C) groups is 1. The normalized spacial score (nSPS) is 14.9. The predicted molar refractivity (Wildman–Crippen MR) is 130 cm³/mol. The van der Waals surface area contributed by atoms with Crippen LogP contribution in [0.25, 0.3) is 6.08 Å². The summed E-state index contributed by atoms with van der Waals surface area (Å²) in [6, 6.07) is 12.7. The molecule has 5 nitrogen and oxygen atoms in total. The molecule has 0 unspecified atom stereocenters. The molecule has 1 aromatic carbocycles. The number of carbonyl (C=O) groups excluding carboxylic acids is 1. The largest absolute Gasteiger partial charge is 0.375 e. The standard InChI is InChI=1S/C26H34N4O/c1-4-25(31)30(5-2)17-9-16-29(3)24-13-6-10-21(19-24)18-22-11-8-15-28-26(22)23-12-7-14-27-20-23/h6-7,10,12-14,18-20H,4-5,8-9,11,15-17H2,1-3H3/b22-18+. The fourth-order valence-electron chi connectivity index (χ4n) is 3.96. The first-order chi connectivity index (χ1) is 15.1. The highest BCUT2D eigenvalue weighted by Gasteiger charge is 2.14. The van der Waals surface area contributed by atoms with Gasteiger partial charge in [0.25, 0.3) is 0 Å². The van der Waals surface area contributed by atoms with Gasteiger partial charge in [0.15, 0.2) is 0 Å². The number of pyridine rings is 1. The lowest BCUT2D eigenvalue weighted by Crippen LogP contribution is -2.33. The molecule has 0 atom stereocenters. The van der Waals surface area contributed by atoms with E-state index in [9.17, 15) is 4.79 Å². The second kappa shape index (κ2) is 11.4. The van der Waals surface area contributed by atoms with E-state index in [4.69, 9.17) is 4.99 Å². The Balaban J connectivity index is 1.68. The molecule has 3 rings (SSSR count). The summed E-state index contributed by atoms with van der Waals surface area (Å²) in [6.45, 7) is 7.34. The van der Waals surface area contributed by atoms with E-state index >= 15 is 0 Å². The van der Waals surface area contributed by atoms with Crippen molar-refractivity contribution in [3.05, 3.63) is 65.5 Å². The van der Waals surface area contributed by atoms with Crippen LogP contribution in [0.3, 0.4) is 0 Å². The van der Waals surface area contributed by atoms with Crippen LogP contribution in [-0.2, 0) is 4.79 Å². The highest BCUT2D eigenvalue weighted by atomic mass is 16.2. The highest BCUT2D eigenvalue weighted by Crippen LogP contribution is 2.24. The number of benzene rings is 1. The van der Waals surface area contributed by atoms with Crippen molar-refractivity contribution in [1.82, 2.24) is 9.88 Å². The van der Waals surface area contributed by atoms with Crippen LogP contribution in [0.15, 0.2) is 59.4 Å². The third-order valence-corrected chi connectivity index (χ3v) is 5.72. The van der Waals surface area contributed by atoms with E-state index in [-0.39, 0.29) is 5.91 Å². The molecular formula is C26H34N4O. The van der Waals surface area contributed by atoms with E-state index < -0.39 is 0 Å². The molecule has 0 radical (unpaired) electrons. The minimum atomic E-state index is 0.234. The van der Waals surface area contributed by atoms with E-state index in [0.29, 0.717) is 6.42 Å². The van der Waals surface area contributed by atoms with E-state index in [1.807, 2.05) is 31.0 Å². The molecule has 1 aromatic heterocycles. The fourth-order valence-corrected chi connectivity index (χ4v) is 3.96. The van der Waals surface area contributed by atoms with Gasteiger partial charge in [-0.1, -0.05) is 19.1 Å². The van der Waals surface area contributed by atoms with Gasteiger partial charge in [-0.3, -0.25) is 14.8 Å². The second-order valence-corrected chi connectivity index (χ2v) is 7.94. The average molecular weight is 419 g/mol. The third-order valence-electron chi connectivity index (χ3n) is 5.72. The summed E-state index contributed by atoms with van der Waals surface area (Å²) in [5.41, 5.74) is 5.81. The maximum Gasteiger partial charge on any atom is 0.222 e. The van der Waals surface area contributed by atoms with E-state index in [1.165, 1.54) is 16.8 Å². The Hall–Kier alpha value is -2.95. The van der Waals surface area contributed by atoms with Crippen molar-refractivity contribution in [1.29, 1.82) is 0 Å². The average Bonchev–Trinajstić information content (AvgIpc) is 2.82. The van der Waals surface area contributed by atoms with Gasteiger partial charge >= 0.3 is 0 Å². The maximum absolute atomic E-state index is 11.9. The lowest BCUT2D eigenvalue weighted by atomic mass is 9.95. The molecule has 0 saturated heterocycles. The molecule has 0 aliphatic carbocycles. The Morgan fingerprint density at radius 2 is 2.03 bits per heavy atom. The number of rotatable bonds is 9. The molecule has 2 heterocycles. The van der Waals surface area contributed by atoms with E-state index in [0.717, 1.165) is 56.7 Å². The first-order valence-corrected chi connectivity index (χ1v) is 11.4. The number of amides is 1. The van der Waals surface area contributed by atoms with Crippen molar-refractivity contribution >= 4 is 23.4 Å². The topological polar surface area (TPSA) is 48.8 Å². The third kappa shape index (κ3) is 6.27. The molecular weight excluding hydrogens is 384 g/mol. The van der Waals surface area contributed by atoms with Crippen LogP contribution in [0.1, 0.15) is 50.7 Å². The molecule has 1 aliphatic heterocycles. The number of hydrogen-bond donors (Lipinski definition) is 0. The zero-order valence-corrected chi connectivity index (χ0v) is 19.1. The van der Waals surface area contributed by atoms with Crippen LogP contribution in [-0.4, -0.2) is 54.7 Å². The fraction of sp³-hybridized carbons (Fsp3) is 0.423. The van der Waals surface area contributed by atoms with Gasteiger partial charge in [-0.05, 0) is 67.7 Å². The minimum Gasteiger partial charge on any atom is -0.375 e. The molecule has 1 amide bonds. The van der Waals surface area contributed by atoms with E-state index in [2.05, 4.69) is 53.3 Å². The van der Waals surface area contributed by atoms with Crippen molar-refractivity contribution in [2.45, 2.75) is 39.5 Å². The number of anilines is 1. The van der Waals surface area contributed by atoms with Gasteiger partial charge in [0.1, 0.15) is 0 Å². The molecule has 5 heteroatoms. The summed E-state index contributed by atoms with van der Waals surface area (Å²) in [4.78, 5) is 25.2. The monoisotopic (exact) mass is 418 g/mol. The Bertz CT molecular complexity index is 920. The van der Waals surface area contributed by atoms with Crippen LogP contribution in [0.5, 0.6) is 0 Å². The molecule has 1 aliphatic rings. The quantitative estimate of drug-likeness (QED) is 0.586. The van der Waals surface area contributed by atoms with Gasteiger partial charge in [0.05, 0.1) is 5.71 Å². The molecule has 164 valence electrons. The van der Waals surface area contributed by atoms with Crippen LogP contribution in [0.2, 0.25) is 0 Å². The molecule has 0 fully saturated rings. The number of hydrogen-bond acceptors (Lipinski definition) is 4. The molecule has 0 spiro atoms. The number of nitrogens with zero attached hydrogens (tertiary/aromatic N) is 4. The Kier molecular flexibility index (Phi) is 8.39. The molecule has 0 N–H and O–H groups in total. The molecule has 31 heavy (non-hydrogen) atoms. The summed E-state index contributed by atoms with van der Waals surface area (Å²) >= 11 is 0. The van der Waals surface area contributed by atoms with Crippen LogP contribution in [0.4, 0.5) is 5.69 Å². The summed E-state index contributed by atoms with van der Waals surface area (Å²) in [5.74, 6) is 0.234. The van der Waals surface area contributed by atoms with Crippen molar-refractivity contribution in [2.75, 3.05) is 38.1 Å². The smallest absolute Gasteiger partial charge is 0.222 e. The van der Waals surface area contributed by atoms with Gasteiger partial charge in [0.2, 0.25) is 5.91 Å². The molecule has 0 bridgehead atoms. The first kappa shape index (κ1) is 22.7. The highest BCUT2D eigenvalue weighted by molar-refractivity contribution is 6.15. The van der Waals surface area contributed by atoms with Crippen molar-refractivity contribution in [3.8, 4) is 0 Å². The zero-order valence-electron chi connectivity index (χ0n) is 19.1. The van der Waals surface area contributed by atoms with Gasteiger partial charge in [-0.25, -0.2) is 0 Å². The summed E-state index contributed by atoms with van der Waals surface area (Å²) in [7, 11) is 2.12. The van der Waals surface area contributed by atoms with Gasteiger partial charge in [0, 0.05) is 63.3 Å². The number of allylic oxidation sites excluding steroid dienone is 1. The van der Waals surface area contributed by atoms with E-state index in [1.54, 1.807) is 6.20 Å². The van der Waals surface area contributed by atoms with Gasteiger partial charge in [-0.15, -0.1) is 0 Å². The Labute approximate surface area is 186 Å².